The van der Waals surface area contributed by atoms with Crippen molar-refractivity contribution in [2.24, 2.45) is 0 Å². The summed E-state index contributed by atoms with van der Waals surface area (Å²) in [4.78, 5) is 25.7. The fourth-order valence-electron chi connectivity index (χ4n) is 1.66. The molecule has 9 heteroatoms. The predicted molar refractivity (Wildman–Crippen MR) is 82.9 cm³/mol. The van der Waals surface area contributed by atoms with E-state index in [9.17, 15) is 14.9 Å². The molecule has 0 bridgehead atoms. The lowest BCUT2D eigenvalue weighted by Gasteiger charge is -2.19. The lowest BCUT2D eigenvalue weighted by molar-refractivity contribution is -0.384. The Hall–Kier alpha value is -2.89. The maximum Gasteiger partial charge on any atom is 0.407 e. The van der Waals surface area contributed by atoms with Gasteiger partial charge in [0, 0.05) is 19.3 Å². The molecule has 23 heavy (non-hydrogen) atoms. The second-order valence-electron chi connectivity index (χ2n) is 5.63. The first-order valence-corrected chi connectivity index (χ1v) is 6.99. The van der Waals surface area contributed by atoms with Crippen molar-refractivity contribution in [3.05, 3.63) is 27.9 Å². The highest BCUT2D eigenvalue weighted by Crippen LogP contribution is 2.25. The summed E-state index contributed by atoms with van der Waals surface area (Å²) in [6, 6.07) is 3.05. The number of nitrogens with one attached hydrogen (secondary N) is 2. The van der Waals surface area contributed by atoms with Gasteiger partial charge in [-0.3, -0.25) is 10.1 Å². The van der Waals surface area contributed by atoms with Crippen LogP contribution in [-0.2, 0) is 4.74 Å². The number of alkyl carbamates (subject to hydrolysis) is 1. The number of anilines is 1. The van der Waals surface area contributed by atoms with Crippen LogP contribution in [0.25, 0.3) is 0 Å². The van der Waals surface area contributed by atoms with Crippen molar-refractivity contribution < 1.29 is 14.5 Å². The van der Waals surface area contributed by atoms with Crippen LogP contribution < -0.4 is 10.6 Å². The zero-order valence-electron chi connectivity index (χ0n) is 13.3. The van der Waals surface area contributed by atoms with Gasteiger partial charge in [-0.15, -0.1) is 0 Å². The van der Waals surface area contributed by atoms with E-state index in [1.165, 1.54) is 12.3 Å². The minimum absolute atomic E-state index is 0.0336. The Kier molecular flexibility index (Phi) is 6.26. The van der Waals surface area contributed by atoms with Crippen LogP contribution in [0.2, 0.25) is 0 Å². The first kappa shape index (κ1) is 18.2. The first-order chi connectivity index (χ1) is 10.7. The number of pyridine rings is 1. The lowest BCUT2D eigenvalue weighted by atomic mass is 10.2. The molecule has 0 unspecified atom stereocenters. The molecule has 0 spiro atoms. The highest BCUT2D eigenvalue weighted by Gasteiger charge is 2.20. The van der Waals surface area contributed by atoms with Gasteiger partial charge >= 0.3 is 11.8 Å². The minimum Gasteiger partial charge on any atom is -0.444 e. The van der Waals surface area contributed by atoms with E-state index in [0.717, 1.165) is 0 Å². The summed E-state index contributed by atoms with van der Waals surface area (Å²) in [6.45, 7) is 5.98. The number of aromatic nitrogens is 1. The van der Waals surface area contributed by atoms with Crippen LogP contribution in [0.4, 0.5) is 16.3 Å². The number of rotatable bonds is 6. The highest BCUT2D eigenvalue weighted by molar-refractivity contribution is 5.67. The van der Waals surface area contributed by atoms with E-state index >= 15 is 0 Å². The monoisotopic (exact) mass is 321 g/mol. The number of nitrogens with zero attached hydrogens (tertiary/aromatic N) is 3. The largest absolute Gasteiger partial charge is 0.444 e. The molecule has 0 aliphatic rings. The van der Waals surface area contributed by atoms with Gasteiger partial charge in [0.1, 0.15) is 17.2 Å². The zero-order chi connectivity index (χ0) is 17.5. The van der Waals surface area contributed by atoms with Gasteiger partial charge in [0.2, 0.25) is 5.82 Å². The molecule has 0 atom stereocenters. The average Bonchev–Trinajstić information content (AvgIpc) is 2.44. The summed E-state index contributed by atoms with van der Waals surface area (Å²) in [5.41, 5.74) is -0.973. The Balaban J connectivity index is 2.47. The molecule has 2 N–H and O–H groups in total. The maximum atomic E-state index is 11.4. The summed E-state index contributed by atoms with van der Waals surface area (Å²) < 4.78 is 5.08. The van der Waals surface area contributed by atoms with E-state index in [1.807, 2.05) is 0 Å². The number of amides is 1. The maximum absolute atomic E-state index is 11.4. The van der Waals surface area contributed by atoms with Gasteiger partial charge in [0.15, 0.2) is 0 Å². The summed E-state index contributed by atoms with van der Waals surface area (Å²) in [6.07, 6.45) is 1.31. The summed E-state index contributed by atoms with van der Waals surface area (Å²) in [7, 11) is 0. The predicted octanol–water partition coefficient (Wildman–Crippen LogP) is 2.19. The topological polar surface area (TPSA) is 130 Å². The van der Waals surface area contributed by atoms with E-state index in [1.54, 1.807) is 26.8 Å². The van der Waals surface area contributed by atoms with Crippen molar-refractivity contribution in [3.8, 4) is 6.07 Å². The molecule has 0 saturated heterocycles. The van der Waals surface area contributed by atoms with Crippen molar-refractivity contribution in [3.63, 3.8) is 0 Å². The van der Waals surface area contributed by atoms with Crippen molar-refractivity contribution in [1.82, 2.24) is 10.3 Å². The van der Waals surface area contributed by atoms with Crippen LogP contribution in [0, 0.1) is 21.4 Å². The van der Waals surface area contributed by atoms with E-state index in [0.29, 0.717) is 19.5 Å². The Morgan fingerprint density at radius 3 is 2.74 bits per heavy atom. The van der Waals surface area contributed by atoms with E-state index < -0.39 is 16.6 Å². The second-order valence-corrected chi connectivity index (χ2v) is 5.63. The third kappa shape index (κ3) is 6.17. The Bertz CT molecular complexity index is 619. The van der Waals surface area contributed by atoms with Crippen LogP contribution in [0.15, 0.2) is 12.3 Å². The SMILES string of the molecule is CC(C)(C)OC(=O)NCCCNc1nccc(C#N)c1[N+](=O)[O-]. The van der Waals surface area contributed by atoms with Crippen molar-refractivity contribution >= 4 is 17.6 Å². The Morgan fingerprint density at radius 1 is 1.48 bits per heavy atom. The van der Waals surface area contributed by atoms with Gasteiger partial charge in [-0.25, -0.2) is 9.78 Å². The van der Waals surface area contributed by atoms with Crippen molar-refractivity contribution in [2.75, 3.05) is 18.4 Å². The highest BCUT2D eigenvalue weighted by atomic mass is 16.6. The molecular weight excluding hydrogens is 302 g/mol. The van der Waals surface area contributed by atoms with E-state index in [-0.39, 0.29) is 17.1 Å². The molecule has 0 fully saturated rings. The van der Waals surface area contributed by atoms with Crippen LogP contribution in [0.3, 0.4) is 0 Å². The molecule has 0 radical (unpaired) electrons. The number of hydrogen-bond donors (Lipinski definition) is 2. The average molecular weight is 321 g/mol. The molecule has 0 aromatic carbocycles. The third-order valence-corrected chi connectivity index (χ3v) is 2.54. The van der Waals surface area contributed by atoms with Gasteiger partial charge in [-0.1, -0.05) is 0 Å². The Labute approximate surface area is 133 Å². The van der Waals surface area contributed by atoms with Crippen LogP contribution in [-0.4, -0.2) is 34.7 Å². The van der Waals surface area contributed by atoms with Gasteiger partial charge in [-0.05, 0) is 33.3 Å². The first-order valence-electron chi connectivity index (χ1n) is 6.99. The molecule has 1 aromatic heterocycles. The molecule has 1 aromatic rings. The van der Waals surface area contributed by atoms with Gasteiger partial charge in [0.05, 0.1) is 4.92 Å². The fourth-order valence-corrected chi connectivity index (χ4v) is 1.66. The summed E-state index contributed by atoms with van der Waals surface area (Å²) in [5, 5.41) is 25.3. The quantitative estimate of drug-likeness (QED) is 0.466. The van der Waals surface area contributed by atoms with Crippen molar-refractivity contribution in [2.45, 2.75) is 32.8 Å². The van der Waals surface area contributed by atoms with Gasteiger partial charge in [0.25, 0.3) is 0 Å². The van der Waals surface area contributed by atoms with E-state index in [4.69, 9.17) is 10.00 Å². The molecule has 0 saturated carbocycles. The number of carbonyl (C=O) groups is 1. The fraction of sp³-hybridized carbons (Fsp3) is 0.500. The molecule has 0 aliphatic heterocycles. The smallest absolute Gasteiger partial charge is 0.407 e. The van der Waals surface area contributed by atoms with Crippen LogP contribution in [0.5, 0.6) is 0 Å². The van der Waals surface area contributed by atoms with Crippen LogP contribution >= 0.6 is 0 Å². The molecule has 0 aliphatic carbocycles. The molecule has 1 rings (SSSR count). The number of carbonyl (C=O) groups excluding carboxylic acids is 1. The normalized spacial score (nSPS) is 10.5. The number of hydrogen-bond acceptors (Lipinski definition) is 7. The molecule has 1 amide bonds. The number of ether oxygens (including phenoxy) is 1. The van der Waals surface area contributed by atoms with Crippen molar-refractivity contribution in [1.29, 1.82) is 5.26 Å². The standard InChI is InChI=1S/C14H19N5O4/c1-14(2,3)23-13(20)18-7-4-6-16-12-11(19(21)22)10(9-15)5-8-17-12/h5,8H,4,6-7H2,1-3H3,(H,16,17)(H,18,20). The van der Waals surface area contributed by atoms with Gasteiger partial charge in [-0.2, -0.15) is 5.26 Å². The zero-order valence-corrected chi connectivity index (χ0v) is 13.3. The van der Waals surface area contributed by atoms with Crippen LogP contribution in [0.1, 0.15) is 32.8 Å². The van der Waals surface area contributed by atoms with Gasteiger partial charge < -0.3 is 15.4 Å². The summed E-state index contributed by atoms with van der Waals surface area (Å²) in [5.74, 6) is 0.0336. The third-order valence-electron chi connectivity index (χ3n) is 2.54. The molecule has 9 nitrogen and oxygen atoms in total. The molecule has 124 valence electrons. The number of nitriles is 1. The Morgan fingerprint density at radius 2 is 2.17 bits per heavy atom. The second kappa shape index (κ2) is 7.93. The van der Waals surface area contributed by atoms with E-state index in [2.05, 4.69) is 15.6 Å². The lowest BCUT2D eigenvalue weighted by Crippen LogP contribution is -2.33. The summed E-state index contributed by atoms with van der Waals surface area (Å²) >= 11 is 0. The number of nitro groups is 1. The molecular formula is C14H19N5O4. The minimum atomic E-state index is -0.646. The molecule has 1 heterocycles.